The SMILES string of the molecule is COCCN(CC1CC1)C(=O)c1oc2cc(OC)ccc2c1C. The van der Waals surface area contributed by atoms with Crippen LogP contribution in [-0.4, -0.2) is 44.7 Å². The summed E-state index contributed by atoms with van der Waals surface area (Å²) < 4.78 is 16.2. The molecule has 1 saturated carbocycles. The molecule has 1 heterocycles. The van der Waals surface area contributed by atoms with Crippen LogP contribution in [-0.2, 0) is 4.74 Å². The Kier molecular flexibility index (Phi) is 4.57. The number of hydrogen-bond acceptors (Lipinski definition) is 4. The number of carbonyl (C=O) groups excluding carboxylic acids is 1. The van der Waals surface area contributed by atoms with Crippen LogP contribution in [0.25, 0.3) is 11.0 Å². The molecule has 0 N–H and O–H groups in total. The number of ether oxygens (including phenoxy) is 2. The molecule has 124 valence electrons. The molecule has 1 aliphatic carbocycles. The Bertz CT molecular complexity index is 702. The zero-order valence-electron chi connectivity index (χ0n) is 13.9. The van der Waals surface area contributed by atoms with E-state index in [1.807, 2.05) is 30.0 Å². The minimum atomic E-state index is -0.0541. The zero-order chi connectivity index (χ0) is 16.4. The van der Waals surface area contributed by atoms with E-state index >= 15 is 0 Å². The summed E-state index contributed by atoms with van der Waals surface area (Å²) in [6, 6.07) is 5.63. The highest BCUT2D eigenvalue weighted by atomic mass is 16.5. The second-order valence-electron chi connectivity index (χ2n) is 6.11. The molecule has 1 aromatic heterocycles. The maximum absolute atomic E-state index is 12.9. The maximum atomic E-state index is 12.9. The molecule has 1 amide bonds. The Labute approximate surface area is 136 Å². The van der Waals surface area contributed by atoms with Gasteiger partial charge in [0.2, 0.25) is 0 Å². The van der Waals surface area contributed by atoms with Crippen LogP contribution in [0.5, 0.6) is 5.75 Å². The number of nitrogens with zero attached hydrogens (tertiary/aromatic N) is 1. The summed E-state index contributed by atoms with van der Waals surface area (Å²) in [4.78, 5) is 14.8. The summed E-state index contributed by atoms with van der Waals surface area (Å²) in [6.45, 7) is 3.83. The highest BCUT2D eigenvalue weighted by molar-refractivity contribution is 5.99. The van der Waals surface area contributed by atoms with Crippen molar-refractivity contribution in [3.05, 3.63) is 29.5 Å². The highest BCUT2D eigenvalue weighted by Crippen LogP contribution is 2.32. The molecule has 1 aliphatic rings. The Morgan fingerprint density at radius 1 is 1.35 bits per heavy atom. The summed E-state index contributed by atoms with van der Waals surface area (Å²) in [5.41, 5.74) is 1.56. The fourth-order valence-corrected chi connectivity index (χ4v) is 2.77. The number of amides is 1. The standard InChI is InChI=1S/C18H23NO4/c1-12-15-7-6-14(22-3)10-16(15)23-17(12)18(20)19(8-9-21-2)11-13-4-5-13/h6-7,10,13H,4-5,8-9,11H2,1-3H3. The lowest BCUT2D eigenvalue weighted by Gasteiger charge is -2.21. The third kappa shape index (κ3) is 3.34. The fraction of sp³-hybridized carbons (Fsp3) is 0.500. The lowest BCUT2D eigenvalue weighted by molar-refractivity contribution is 0.0656. The van der Waals surface area contributed by atoms with Crippen LogP contribution in [0.4, 0.5) is 0 Å². The molecule has 1 fully saturated rings. The van der Waals surface area contributed by atoms with Gasteiger partial charge in [-0.1, -0.05) is 0 Å². The molecule has 0 spiro atoms. The van der Waals surface area contributed by atoms with Gasteiger partial charge in [-0.2, -0.15) is 0 Å². The van der Waals surface area contributed by atoms with Crippen molar-refractivity contribution in [3.8, 4) is 5.75 Å². The molecule has 5 heteroatoms. The van der Waals surface area contributed by atoms with E-state index in [2.05, 4.69) is 0 Å². The van der Waals surface area contributed by atoms with Gasteiger partial charge in [0.25, 0.3) is 5.91 Å². The van der Waals surface area contributed by atoms with Crippen LogP contribution >= 0.6 is 0 Å². The van der Waals surface area contributed by atoms with Gasteiger partial charge in [0.1, 0.15) is 11.3 Å². The lowest BCUT2D eigenvalue weighted by atomic mass is 10.1. The van der Waals surface area contributed by atoms with Crippen LogP contribution in [0.2, 0.25) is 0 Å². The van der Waals surface area contributed by atoms with Crippen molar-refractivity contribution in [2.24, 2.45) is 5.92 Å². The van der Waals surface area contributed by atoms with E-state index in [1.165, 1.54) is 12.8 Å². The smallest absolute Gasteiger partial charge is 0.289 e. The normalized spacial score (nSPS) is 14.2. The van der Waals surface area contributed by atoms with Crippen LogP contribution < -0.4 is 4.74 Å². The molecule has 0 aliphatic heterocycles. The van der Waals surface area contributed by atoms with E-state index < -0.39 is 0 Å². The summed E-state index contributed by atoms with van der Waals surface area (Å²) in [6.07, 6.45) is 2.40. The minimum absolute atomic E-state index is 0.0541. The maximum Gasteiger partial charge on any atom is 0.289 e. The van der Waals surface area contributed by atoms with Crippen molar-refractivity contribution >= 4 is 16.9 Å². The zero-order valence-corrected chi connectivity index (χ0v) is 13.9. The quantitative estimate of drug-likeness (QED) is 0.786. The van der Waals surface area contributed by atoms with Crippen molar-refractivity contribution in [2.45, 2.75) is 19.8 Å². The summed E-state index contributed by atoms with van der Waals surface area (Å²) in [5, 5.41) is 0.951. The number of carbonyl (C=O) groups is 1. The number of furan rings is 1. The molecule has 0 bridgehead atoms. The van der Waals surface area contributed by atoms with Crippen molar-refractivity contribution < 1.29 is 18.7 Å². The van der Waals surface area contributed by atoms with Crippen molar-refractivity contribution in [3.63, 3.8) is 0 Å². The number of fused-ring (bicyclic) bond motifs is 1. The van der Waals surface area contributed by atoms with Gasteiger partial charge < -0.3 is 18.8 Å². The molecule has 5 nitrogen and oxygen atoms in total. The van der Waals surface area contributed by atoms with E-state index in [0.717, 1.165) is 23.2 Å². The number of benzene rings is 1. The number of methoxy groups -OCH3 is 2. The number of rotatable bonds is 7. The Morgan fingerprint density at radius 3 is 2.78 bits per heavy atom. The van der Waals surface area contributed by atoms with Gasteiger partial charge in [0.15, 0.2) is 5.76 Å². The second kappa shape index (κ2) is 6.62. The number of aryl methyl sites for hydroxylation is 1. The fourth-order valence-electron chi connectivity index (χ4n) is 2.77. The van der Waals surface area contributed by atoms with Gasteiger partial charge in [-0.25, -0.2) is 0 Å². The first-order valence-corrected chi connectivity index (χ1v) is 7.99. The average Bonchev–Trinajstić information content (AvgIpc) is 3.33. The van der Waals surface area contributed by atoms with Crippen molar-refractivity contribution in [2.75, 3.05) is 33.9 Å². The van der Waals surface area contributed by atoms with E-state index in [-0.39, 0.29) is 5.91 Å². The predicted molar refractivity (Wildman–Crippen MR) is 88.0 cm³/mol. The summed E-state index contributed by atoms with van der Waals surface area (Å²) >= 11 is 0. The van der Waals surface area contributed by atoms with E-state index in [1.54, 1.807) is 14.2 Å². The minimum Gasteiger partial charge on any atom is -0.497 e. The average molecular weight is 317 g/mol. The highest BCUT2D eigenvalue weighted by Gasteiger charge is 2.29. The summed E-state index contributed by atoms with van der Waals surface area (Å²) in [7, 11) is 3.27. The van der Waals surface area contributed by atoms with E-state index in [0.29, 0.717) is 30.4 Å². The predicted octanol–water partition coefficient (Wildman–Crippen LogP) is 3.25. The summed E-state index contributed by atoms with van der Waals surface area (Å²) in [5.74, 6) is 1.71. The number of hydrogen-bond donors (Lipinski definition) is 0. The van der Waals surface area contributed by atoms with Crippen LogP contribution in [0.1, 0.15) is 29.0 Å². The van der Waals surface area contributed by atoms with E-state index in [4.69, 9.17) is 13.9 Å². The van der Waals surface area contributed by atoms with Crippen LogP contribution in [0.15, 0.2) is 22.6 Å². The Hall–Kier alpha value is -2.01. The Morgan fingerprint density at radius 2 is 2.13 bits per heavy atom. The van der Waals surface area contributed by atoms with Gasteiger partial charge in [-0.05, 0) is 37.8 Å². The van der Waals surface area contributed by atoms with Gasteiger partial charge in [0.05, 0.1) is 13.7 Å². The van der Waals surface area contributed by atoms with Crippen LogP contribution in [0, 0.1) is 12.8 Å². The molecule has 0 atom stereocenters. The third-order valence-electron chi connectivity index (χ3n) is 4.37. The van der Waals surface area contributed by atoms with Crippen LogP contribution in [0.3, 0.4) is 0 Å². The van der Waals surface area contributed by atoms with Gasteiger partial charge >= 0.3 is 0 Å². The molecule has 0 radical (unpaired) electrons. The lowest BCUT2D eigenvalue weighted by Crippen LogP contribution is -2.35. The Balaban J connectivity index is 1.89. The monoisotopic (exact) mass is 317 g/mol. The molecule has 0 saturated heterocycles. The van der Waals surface area contributed by atoms with E-state index in [9.17, 15) is 4.79 Å². The topological polar surface area (TPSA) is 51.9 Å². The molecule has 1 aromatic carbocycles. The molecule has 2 aromatic rings. The molecule has 0 unspecified atom stereocenters. The molecule has 23 heavy (non-hydrogen) atoms. The first-order valence-electron chi connectivity index (χ1n) is 7.99. The largest absolute Gasteiger partial charge is 0.497 e. The van der Waals surface area contributed by atoms with Crippen molar-refractivity contribution in [1.82, 2.24) is 4.90 Å². The van der Waals surface area contributed by atoms with Gasteiger partial charge in [-0.15, -0.1) is 0 Å². The first kappa shape index (κ1) is 15.9. The van der Waals surface area contributed by atoms with Gasteiger partial charge in [0, 0.05) is 37.2 Å². The second-order valence-corrected chi connectivity index (χ2v) is 6.11. The molecule has 3 rings (SSSR count). The van der Waals surface area contributed by atoms with Crippen molar-refractivity contribution in [1.29, 1.82) is 0 Å². The molecular formula is C18H23NO4. The third-order valence-corrected chi connectivity index (χ3v) is 4.37. The first-order chi connectivity index (χ1) is 11.1. The molecular weight excluding hydrogens is 294 g/mol. The van der Waals surface area contributed by atoms with Gasteiger partial charge in [-0.3, -0.25) is 4.79 Å².